The Morgan fingerprint density at radius 1 is 0.675 bits per heavy atom. The van der Waals surface area contributed by atoms with Crippen LogP contribution in [0.2, 0.25) is 0 Å². The van der Waals surface area contributed by atoms with Crippen molar-refractivity contribution in [1.82, 2.24) is 29.6 Å². The molecule has 1 saturated heterocycles. The predicted molar refractivity (Wildman–Crippen MR) is 161 cm³/mol. The molecule has 6 nitrogen and oxygen atoms in total. The van der Waals surface area contributed by atoms with Crippen molar-refractivity contribution in [1.29, 1.82) is 0 Å². The quantitative estimate of drug-likeness (QED) is 0.216. The van der Waals surface area contributed by atoms with Gasteiger partial charge in [-0.05, 0) is 67.6 Å². The maximum Gasteiger partial charge on any atom is 0.151 e. The minimum absolute atomic E-state index is 0.178. The fraction of sp³-hybridized carbons (Fsp3) is 0.294. The third kappa shape index (κ3) is 4.95. The molecule has 0 bridgehead atoms. The van der Waals surface area contributed by atoms with Gasteiger partial charge in [0.05, 0.1) is 12.6 Å². The second kappa shape index (κ2) is 11.1. The first-order valence-corrected chi connectivity index (χ1v) is 14.6. The number of fused-ring (bicyclic) bond motifs is 2. The lowest BCUT2D eigenvalue weighted by Gasteiger charge is -2.34. The second-order valence-corrected chi connectivity index (χ2v) is 11.1. The van der Waals surface area contributed by atoms with Crippen molar-refractivity contribution >= 4 is 21.8 Å². The lowest BCUT2D eigenvalue weighted by atomic mass is 10.00. The minimum atomic E-state index is 0.178. The molecule has 6 aromatic rings. The summed E-state index contributed by atoms with van der Waals surface area (Å²) in [5, 5.41) is 12.4. The topological polar surface area (TPSA) is 65.5 Å². The molecule has 3 aromatic heterocycles. The van der Waals surface area contributed by atoms with Crippen LogP contribution in [0.1, 0.15) is 53.6 Å². The summed E-state index contributed by atoms with van der Waals surface area (Å²) in [6, 6.07) is 28.1. The van der Waals surface area contributed by atoms with Gasteiger partial charge < -0.3 is 14.5 Å². The van der Waals surface area contributed by atoms with Crippen LogP contribution in [0.25, 0.3) is 21.8 Å². The number of H-pyrrole nitrogens is 2. The summed E-state index contributed by atoms with van der Waals surface area (Å²) in [5.41, 5.74) is 6.34. The van der Waals surface area contributed by atoms with Gasteiger partial charge in [-0.3, -0.25) is 4.90 Å². The molecular formula is C34H36N6. The average molecular weight is 529 g/mol. The van der Waals surface area contributed by atoms with E-state index in [1.807, 2.05) is 0 Å². The molecule has 6 heteroatoms. The Labute approximate surface area is 235 Å². The summed E-state index contributed by atoms with van der Waals surface area (Å²) < 4.78 is 2.41. The van der Waals surface area contributed by atoms with E-state index in [0.29, 0.717) is 0 Å². The number of aryl methyl sites for hydroxylation is 2. The van der Waals surface area contributed by atoms with Crippen LogP contribution in [0.4, 0.5) is 0 Å². The number of likely N-dealkylation sites (tertiary alicyclic amines) is 1. The summed E-state index contributed by atoms with van der Waals surface area (Å²) >= 11 is 0. The number of aromatic nitrogens is 5. The summed E-state index contributed by atoms with van der Waals surface area (Å²) in [4.78, 5) is 9.58. The fourth-order valence-corrected chi connectivity index (χ4v) is 6.43. The van der Waals surface area contributed by atoms with Crippen molar-refractivity contribution in [3.63, 3.8) is 0 Å². The van der Waals surface area contributed by atoms with E-state index in [0.717, 1.165) is 50.5 Å². The van der Waals surface area contributed by atoms with Crippen LogP contribution < -0.4 is 0 Å². The van der Waals surface area contributed by atoms with E-state index >= 15 is 0 Å². The van der Waals surface area contributed by atoms with Gasteiger partial charge in [0.2, 0.25) is 0 Å². The van der Waals surface area contributed by atoms with Gasteiger partial charge in [0.1, 0.15) is 5.82 Å². The molecule has 2 N–H and O–H groups in total. The molecule has 1 aliphatic heterocycles. The van der Waals surface area contributed by atoms with Gasteiger partial charge in [-0.15, -0.1) is 10.2 Å². The molecular weight excluding hydrogens is 492 g/mol. The maximum atomic E-state index is 4.96. The van der Waals surface area contributed by atoms with Crippen LogP contribution in [0, 0.1) is 0 Å². The highest BCUT2D eigenvalue weighted by molar-refractivity contribution is 5.83. The molecule has 1 aliphatic rings. The van der Waals surface area contributed by atoms with Gasteiger partial charge in [-0.25, -0.2) is 0 Å². The van der Waals surface area contributed by atoms with Crippen LogP contribution in [-0.2, 0) is 25.8 Å². The van der Waals surface area contributed by atoms with Gasteiger partial charge in [-0.2, -0.15) is 0 Å². The van der Waals surface area contributed by atoms with Crippen LogP contribution in [0.3, 0.4) is 0 Å². The van der Waals surface area contributed by atoms with Gasteiger partial charge in [0.25, 0.3) is 0 Å². The van der Waals surface area contributed by atoms with E-state index in [-0.39, 0.29) is 6.04 Å². The largest absolute Gasteiger partial charge is 0.361 e. The van der Waals surface area contributed by atoms with Gasteiger partial charge in [-0.1, -0.05) is 73.2 Å². The number of hydrogen-bond donors (Lipinski definition) is 2. The lowest BCUT2D eigenvalue weighted by Crippen LogP contribution is -2.36. The van der Waals surface area contributed by atoms with E-state index in [2.05, 4.69) is 111 Å². The molecule has 1 atom stereocenters. The number of aromatic amines is 2. The van der Waals surface area contributed by atoms with Crippen molar-refractivity contribution in [2.75, 3.05) is 13.1 Å². The van der Waals surface area contributed by atoms with Crippen molar-refractivity contribution in [2.45, 2.75) is 51.1 Å². The Morgan fingerprint density at radius 3 is 2.08 bits per heavy atom. The van der Waals surface area contributed by atoms with E-state index in [1.54, 1.807) is 0 Å². The highest BCUT2D eigenvalue weighted by Gasteiger charge is 2.29. The molecule has 4 heterocycles. The van der Waals surface area contributed by atoms with E-state index in [9.17, 15) is 0 Å². The summed E-state index contributed by atoms with van der Waals surface area (Å²) in [6.45, 7) is 3.00. The molecule has 202 valence electrons. The molecule has 40 heavy (non-hydrogen) atoms. The predicted octanol–water partition coefficient (Wildman–Crippen LogP) is 6.84. The van der Waals surface area contributed by atoms with Crippen molar-refractivity contribution in [3.05, 3.63) is 120 Å². The van der Waals surface area contributed by atoms with Crippen molar-refractivity contribution in [3.8, 4) is 0 Å². The number of rotatable bonds is 9. The zero-order valence-electron chi connectivity index (χ0n) is 22.9. The van der Waals surface area contributed by atoms with Crippen LogP contribution in [0.15, 0.2) is 91.3 Å². The second-order valence-electron chi connectivity index (χ2n) is 11.1. The first kappa shape index (κ1) is 24.9. The highest BCUT2D eigenvalue weighted by atomic mass is 15.3. The molecule has 1 unspecified atom stereocenters. The fourth-order valence-electron chi connectivity index (χ4n) is 6.43. The normalized spacial score (nSPS) is 15.2. The van der Waals surface area contributed by atoms with Crippen LogP contribution in [-0.4, -0.2) is 42.7 Å². The SMILES string of the molecule is c1ccc(Cn2c(CCc3c[nH]c4ccccc34)nnc2C(Cc2c[nH]c3ccccc23)N2CCCCC2)cc1. The van der Waals surface area contributed by atoms with E-state index in [1.165, 1.54) is 57.8 Å². The summed E-state index contributed by atoms with van der Waals surface area (Å²) in [5.74, 6) is 2.15. The number of hydrogen-bond acceptors (Lipinski definition) is 3. The molecule has 3 aromatic carbocycles. The minimum Gasteiger partial charge on any atom is -0.361 e. The Hall–Kier alpha value is -4.16. The Bertz CT molecular complexity index is 1700. The monoisotopic (exact) mass is 528 g/mol. The number of benzene rings is 3. The van der Waals surface area contributed by atoms with Crippen molar-refractivity contribution < 1.29 is 0 Å². The molecule has 0 amide bonds. The smallest absolute Gasteiger partial charge is 0.151 e. The third-order valence-corrected chi connectivity index (χ3v) is 8.55. The van der Waals surface area contributed by atoms with Gasteiger partial charge in [0.15, 0.2) is 5.82 Å². The van der Waals surface area contributed by atoms with E-state index in [4.69, 9.17) is 10.2 Å². The van der Waals surface area contributed by atoms with E-state index < -0.39 is 0 Å². The first-order valence-electron chi connectivity index (χ1n) is 14.6. The van der Waals surface area contributed by atoms with Gasteiger partial charge >= 0.3 is 0 Å². The molecule has 0 saturated carbocycles. The lowest BCUT2D eigenvalue weighted by molar-refractivity contribution is 0.153. The number of nitrogens with one attached hydrogen (secondary N) is 2. The van der Waals surface area contributed by atoms with Crippen LogP contribution >= 0.6 is 0 Å². The molecule has 7 rings (SSSR count). The van der Waals surface area contributed by atoms with Crippen molar-refractivity contribution in [2.24, 2.45) is 0 Å². The standard InChI is InChI=1S/C34H36N6/c1-3-11-25(12-4-1)24-40-33(18-17-26-22-35-30-15-7-5-13-28(26)30)37-38-34(40)32(39-19-9-2-10-20-39)21-27-23-36-31-16-8-6-14-29(27)31/h1,3-8,11-16,22-23,32,35-36H,2,9-10,17-21,24H2. The average Bonchev–Trinajstić information content (AvgIpc) is 3.73. The zero-order chi connectivity index (χ0) is 26.7. The summed E-state index contributed by atoms with van der Waals surface area (Å²) in [7, 11) is 0. The molecule has 0 aliphatic carbocycles. The first-order chi connectivity index (χ1) is 19.8. The number of para-hydroxylation sites is 2. The number of piperidine rings is 1. The Kier molecular flexibility index (Phi) is 6.92. The highest BCUT2D eigenvalue weighted by Crippen LogP contribution is 2.31. The molecule has 1 fully saturated rings. The summed E-state index contributed by atoms with van der Waals surface area (Å²) in [6.07, 6.45) is 10.8. The van der Waals surface area contributed by atoms with Gasteiger partial charge in [0, 0.05) is 40.6 Å². The Balaban J connectivity index is 1.26. The Morgan fingerprint density at radius 2 is 1.32 bits per heavy atom. The van der Waals surface area contributed by atoms with Crippen LogP contribution in [0.5, 0.6) is 0 Å². The molecule has 0 radical (unpaired) electrons. The third-order valence-electron chi connectivity index (χ3n) is 8.55. The zero-order valence-corrected chi connectivity index (χ0v) is 22.9. The maximum absolute atomic E-state index is 4.96. The molecule has 0 spiro atoms. The number of nitrogens with zero attached hydrogens (tertiary/aromatic N) is 4.